The highest BCUT2D eigenvalue weighted by Crippen LogP contribution is 2.28. The summed E-state index contributed by atoms with van der Waals surface area (Å²) in [5.41, 5.74) is 1.39. The van der Waals surface area contributed by atoms with Crippen LogP contribution in [-0.4, -0.2) is 23.8 Å². The Hall–Kier alpha value is -3.94. The monoisotopic (exact) mass is 392 g/mol. The molecule has 2 aromatic carbocycles. The lowest BCUT2D eigenvalue weighted by atomic mass is 10.0. The highest BCUT2D eigenvalue weighted by atomic mass is 16.2. The number of nitrogens with one attached hydrogen (secondary N) is 3. The van der Waals surface area contributed by atoms with E-state index in [4.69, 9.17) is 0 Å². The standard InChI is InChI=1S/C21H20N4O4/c1-3-17(26)23-16-12-8-7-11-15(16)22-13(2)18-19(27)24-21(29)25(20(18)28)14-9-5-4-6-10-14/h4-12,18,22H,2-3H2,1H3,(H,23,26)(H,24,27,29)/t18-/m1/s1. The molecule has 1 heterocycles. The van der Waals surface area contributed by atoms with Gasteiger partial charge in [-0.1, -0.05) is 43.8 Å². The number of hydrogen-bond donors (Lipinski definition) is 3. The molecule has 0 bridgehead atoms. The number of amides is 5. The third kappa shape index (κ3) is 4.16. The van der Waals surface area contributed by atoms with Gasteiger partial charge in [0.25, 0.3) is 5.91 Å². The zero-order valence-electron chi connectivity index (χ0n) is 15.8. The summed E-state index contributed by atoms with van der Waals surface area (Å²) in [5.74, 6) is -2.97. The number of imide groups is 2. The molecular weight excluding hydrogens is 372 g/mol. The van der Waals surface area contributed by atoms with E-state index < -0.39 is 23.8 Å². The fourth-order valence-corrected chi connectivity index (χ4v) is 2.89. The first-order valence-electron chi connectivity index (χ1n) is 9.01. The number of urea groups is 1. The van der Waals surface area contributed by atoms with Crippen molar-refractivity contribution in [3.63, 3.8) is 0 Å². The molecule has 3 rings (SSSR count). The van der Waals surface area contributed by atoms with Gasteiger partial charge in [0, 0.05) is 12.1 Å². The number of carbonyl (C=O) groups excluding carboxylic acids is 4. The van der Waals surface area contributed by atoms with Crippen molar-refractivity contribution < 1.29 is 19.2 Å². The van der Waals surface area contributed by atoms with E-state index >= 15 is 0 Å². The lowest BCUT2D eigenvalue weighted by Crippen LogP contribution is -2.59. The molecule has 1 saturated heterocycles. The highest BCUT2D eigenvalue weighted by Gasteiger charge is 2.43. The Bertz CT molecular complexity index is 987. The van der Waals surface area contributed by atoms with E-state index in [1.54, 1.807) is 61.5 Å². The Labute approximate surface area is 167 Å². The molecule has 8 heteroatoms. The maximum Gasteiger partial charge on any atom is 0.335 e. The number of anilines is 3. The van der Waals surface area contributed by atoms with Gasteiger partial charge in [-0.25, -0.2) is 9.69 Å². The van der Waals surface area contributed by atoms with Crippen LogP contribution in [0.3, 0.4) is 0 Å². The maximum absolute atomic E-state index is 13.0. The zero-order chi connectivity index (χ0) is 21.0. The first kappa shape index (κ1) is 19.8. The van der Waals surface area contributed by atoms with E-state index in [1.165, 1.54) is 0 Å². The Morgan fingerprint density at radius 3 is 2.21 bits per heavy atom. The van der Waals surface area contributed by atoms with Gasteiger partial charge in [0.05, 0.1) is 17.1 Å². The topological polar surface area (TPSA) is 108 Å². The van der Waals surface area contributed by atoms with Crippen molar-refractivity contribution in [2.45, 2.75) is 13.3 Å². The number of para-hydroxylation sites is 3. The van der Waals surface area contributed by atoms with E-state index in [-0.39, 0.29) is 11.6 Å². The van der Waals surface area contributed by atoms with Crippen LogP contribution in [0, 0.1) is 5.92 Å². The summed E-state index contributed by atoms with van der Waals surface area (Å²) in [6, 6.07) is 14.3. The highest BCUT2D eigenvalue weighted by molar-refractivity contribution is 6.29. The first-order valence-corrected chi connectivity index (χ1v) is 9.01. The summed E-state index contributed by atoms with van der Waals surface area (Å²) in [5, 5.41) is 7.86. The van der Waals surface area contributed by atoms with Gasteiger partial charge in [0.1, 0.15) is 0 Å². The molecule has 2 aromatic rings. The molecule has 0 aromatic heterocycles. The first-order chi connectivity index (χ1) is 13.9. The molecule has 1 aliphatic heterocycles. The van der Waals surface area contributed by atoms with Crippen molar-refractivity contribution in [2.75, 3.05) is 15.5 Å². The average molecular weight is 392 g/mol. The molecule has 1 aliphatic rings. The fraction of sp³-hybridized carbons (Fsp3) is 0.143. The number of hydrogen-bond acceptors (Lipinski definition) is 5. The smallest absolute Gasteiger partial charge is 0.335 e. The van der Waals surface area contributed by atoms with Gasteiger partial charge in [-0.05, 0) is 24.3 Å². The summed E-state index contributed by atoms with van der Waals surface area (Å²) < 4.78 is 0. The Morgan fingerprint density at radius 1 is 1.00 bits per heavy atom. The van der Waals surface area contributed by atoms with Crippen LogP contribution < -0.4 is 20.9 Å². The molecule has 0 radical (unpaired) electrons. The van der Waals surface area contributed by atoms with Crippen molar-refractivity contribution in [2.24, 2.45) is 5.92 Å². The molecule has 29 heavy (non-hydrogen) atoms. The molecule has 8 nitrogen and oxygen atoms in total. The molecule has 3 N–H and O–H groups in total. The lowest BCUT2D eigenvalue weighted by Gasteiger charge is -2.31. The number of benzene rings is 2. The average Bonchev–Trinajstić information content (AvgIpc) is 2.69. The summed E-state index contributed by atoms with van der Waals surface area (Å²) >= 11 is 0. The van der Waals surface area contributed by atoms with Crippen LogP contribution in [-0.2, 0) is 14.4 Å². The largest absolute Gasteiger partial charge is 0.357 e. The normalized spacial score (nSPS) is 16.2. The van der Waals surface area contributed by atoms with Gasteiger partial charge in [-0.2, -0.15) is 0 Å². The van der Waals surface area contributed by atoms with Crippen LogP contribution in [0.2, 0.25) is 0 Å². The van der Waals surface area contributed by atoms with Gasteiger partial charge in [-0.3, -0.25) is 19.7 Å². The second-order valence-electron chi connectivity index (χ2n) is 6.33. The number of carbonyl (C=O) groups is 4. The molecular formula is C21H20N4O4. The number of barbiturate groups is 1. The molecule has 0 aliphatic carbocycles. The summed E-state index contributed by atoms with van der Waals surface area (Å²) in [6.45, 7) is 5.55. The second-order valence-corrected chi connectivity index (χ2v) is 6.33. The summed E-state index contributed by atoms with van der Waals surface area (Å²) in [4.78, 5) is 50.2. The molecule has 0 saturated carbocycles. The maximum atomic E-state index is 13.0. The minimum atomic E-state index is -1.32. The van der Waals surface area contributed by atoms with Crippen molar-refractivity contribution in [1.82, 2.24) is 5.32 Å². The second kappa shape index (κ2) is 8.39. The Kier molecular flexibility index (Phi) is 5.73. The number of rotatable bonds is 6. The predicted octanol–water partition coefficient (Wildman–Crippen LogP) is 2.86. The zero-order valence-corrected chi connectivity index (χ0v) is 15.8. The van der Waals surface area contributed by atoms with E-state index in [2.05, 4.69) is 22.5 Å². The van der Waals surface area contributed by atoms with Crippen molar-refractivity contribution >= 4 is 40.8 Å². The lowest BCUT2D eigenvalue weighted by molar-refractivity contribution is -0.132. The van der Waals surface area contributed by atoms with E-state index in [0.29, 0.717) is 23.5 Å². The third-order valence-corrected chi connectivity index (χ3v) is 4.34. The molecule has 1 atom stereocenters. The van der Waals surface area contributed by atoms with E-state index in [9.17, 15) is 19.2 Å². The number of nitrogens with zero attached hydrogens (tertiary/aromatic N) is 1. The molecule has 5 amide bonds. The van der Waals surface area contributed by atoms with Gasteiger partial charge < -0.3 is 10.6 Å². The SMILES string of the molecule is C=C(Nc1ccccc1NC(=O)CC)[C@@H]1C(=O)NC(=O)N(c2ccccc2)C1=O. The molecule has 0 unspecified atom stereocenters. The van der Waals surface area contributed by atoms with Crippen molar-refractivity contribution in [1.29, 1.82) is 0 Å². The minimum Gasteiger partial charge on any atom is -0.357 e. The molecule has 0 spiro atoms. The Balaban J connectivity index is 1.85. The van der Waals surface area contributed by atoms with Gasteiger partial charge in [-0.15, -0.1) is 0 Å². The van der Waals surface area contributed by atoms with Gasteiger partial charge in [0.15, 0.2) is 5.92 Å². The molecule has 148 valence electrons. The van der Waals surface area contributed by atoms with Crippen LogP contribution in [0.15, 0.2) is 66.9 Å². The van der Waals surface area contributed by atoms with Crippen molar-refractivity contribution in [3.8, 4) is 0 Å². The summed E-state index contributed by atoms with van der Waals surface area (Å²) in [7, 11) is 0. The van der Waals surface area contributed by atoms with Crippen LogP contribution in [0.25, 0.3) is 0 Å². The molecule has 1 fully saturated rings. The van der Waals surface area contributed by atoms with Crippen molar-refractivity contribution in [3.05, 3.63) is 66.9 Å². The minimum absolute atomic E-state index is 0.0825. The third-order valence-electron chi connectivity index (χ3n) is 4.34. The van der Waals surface area contributed by atoms with Crippen LogP contribution in [0.4, 0.5) is 21.9 Å². The quantitative estimate of drug-likeness (QED) is 0.655. The van der Waals surface area contributed by atoms with Crippen LogP contribution >= 0.6 is 0 Å². The van der Waals surface area contributed by atoms with E-state index in [0.717, 1.165) is 4.90 Å². The van der Waals surface area contributed by atoms with Crippen LogP contribution in [0.5, 0.6) is 0 Å². The predicted molar refractivity (Wildman–Crippen MR) is 109 cm³/mol. The van der Waals surface area contributed by atoms with Gasteiger partial charge in [0.2, 0.25) is 11.8 Å². The van der Waals surface area contributed by atoms with Crippen LogP contribution in [0.1, 0.15) is 13.3 Å². The summed E-state index contributed by atoms with van der Waals surface area (Å²) in [6.07, 6.45) is 0.299. The Morgan fingerprint density at radius 2 is 1.59 bits per heavy atom. The van der Waals surface area contributed by atoms with E-state index in [1.807, 2.05) is 0 Å². The van der Waals surface area contributed by atoms with Gasteiger partial charge >= 0.3 is 6.03 Å². The fourth-order valence-electron chi connectivity index (χ4n) is 2.89.